The molecule has 0 bridgehead atoms. The van der Waals surface area contributed by atoms with Crippen molar-refractivity contribution in [3.05, 3.63) is 22.7 Å². The van der Waals surface area contributed by atoms with Gasteiger partial charge in [-0.2, -0.15) is 0 Å². The van der Waals surface area contributed by atoms with Gasteiger partial charge in [0.15, 0.2) is 11.5 Å². The highest BCUT2D eigenvalue weighted by molar-refractivity contribution is 6.32. The number of halogens is 1. The molecule has 1 aromatic rings. The van der Waals surface area contributed by atoms with E-state index in [0.29, 0.717) is 11.8 Å². The first kappa shape index (κ1) is 14.8. The van der Waals surface area contributed by atoms with Crippen LogP contribution >= 0.6 is 11.6 Å². The summed E-state index contributed by atoms with van der Waals surface area (Å²) in [4.78, 5) is 30.1. The normalized spacial score (nSPS) is 15.2. The monoisotopic (exact) mass is 288 g/mol. The number of ether oxygens (including phenoxy) is 2. The number of carbonyl (C=O) groups is 3. The lowest BCUT2D eigenvalue weighted by molar-refractivity contribution is -0.154. The Morgan fingerprint density at radius 1 is 1.32 bits per heavy atom. The van der Waals surface area contributed by atoms with Crippen LogP contribution < -0.4 is 9.47 Å². The van der Waals surface area contributed by atoms with Gasteiger partial charge in [-0.1, -0.05) is 11.6 Å². The first-order valence-electron chi connectivity index (χ1n) is 4.89. The van der Waals surface area contributed by atoms with Gasteiger partial charge in [0.05, 0.1) is 5.02 Å². The van der Waals surface area contributed by atoms with Crippen molar-refractivity contribution >= 4 is 29.8 Å². The minimum Gasteiger partial charge on any atom is -0.481 e. The average Bonchev–Trinajstić information content (AvgIpc) is 2.72. The molecule has 1 aliphatic rings. The number of fused-ring (bicyclic) bond motifs is 1. The van der Waals surface area contributed by atoms with Crippen LogP contribution in [0.15, 0.2) is 12.1 Å². The number of benzene rings is 1. The van der Waals surface area contributed by atoms with E-state index in [1.807, 2.05) is 0 Å². The first-order valence-corrected chi connectivity index (χ1v) is 5.27. The smallest absolute Gasteiger partial charge is 0.387 e. The van der Waals surface area contributed by atoms with Crippen LogP contribution in [0.25, 0.3) is 0 Å². The van der Waals surface area contributed by atoms with Gasteiger partial charge >= 0.3 is 12.3 Å². The van der Waals surface area contributed by atoms with Crippen LogP contribution in [0.2, 0.25) is 5.02 Å². The number of aldehydes is 1. The molecule has 1 aliphatic heterocycles. The Kier molecular flexibility index (Phi) is 4.71. The zero-order chi connectivity index (χ0) is 14.6. The molecular weight excluding hydrogens is 280 g/mol. The zero-order valence-electron chi connectivity index (χ0n) is 9.62. The third-order valence-electron chi connectivity index (χ3n) is 1.83. The maximum absolute atomic E-state index is 10.6. The van der Waals surface area contributed by atoms with Gasteiger partial charge in [-0.05, 0) is 12.1 Å². The van der Waals surface area contributed by atoms with E-state index in [4.69, 9.17) is 36.1 Å². The maximum Gasteiger partial charge on any atom is 0.387 e. The van der Waals surface area contributed by atoms with Crippen molar-refractivity contribution in [1.29, 1.82) is 0 Å². The lowest BCUT2D eigenvalue weighted by Gasteiger charge is -2.02. The quantitative estimate of drug-likeness (QED) is 0.792. The van der Waals surface area contributed by atoms with Crippen LogP contribution in [0.4, 0.5) is 0 Å². The molecule has 1 atom stereocenters. The van der Waals surface area contributed by atoms with Gasteiger partial charge in [-0.3, -0.25) is 9.59 Å². The summed E-state index contributed by atoms with van der Waals surface area (Å²) in [6, 6.07) is 2.75. The number of aliphatic carboxylic acids is 2. The second-order valence-corrected chi connectivity index (χ2v) is 3.78. The van der Waals surface area contributed by atoms with E-state index in [1.54, 1.807) is 0 Å². The number of carboxylic acids is 2. The summed E-state index contributed by atoms with van der Waals surface area (Å²) in [6.45, 7) is 1.08. The molecule has 7 nitrogen and oxygen atoms in total. The molecule has 0 saturated heterocycles. The SMILES string of the molecule is CC(=O)O.O=Cc1cc(Cl)c2c(c1)OC(C(=O)O)O2. The predicted molar refractivity (Wildman–Crippen MR) is 62.8 cm³/mol. The molecule has 0 aromatic heterocycles. The van der Waals surface area contributed by atoms with Crippen molar-refractivity contribution in [3.8, 4) is 11.5 Å². The van der Waals surface area contributed by atoms with Crippen molar-refractivity contribution in [2.75, 3.05) is 0 Å². The van der Waals surface area contributed by atoms with Gasteiger partial charge in [-0.15, -0.1) is 0 Å². The van der Waals surface area contributed by atoms with Crippen molar-refractivity contribution in [3.63, 3.8) is 0 Å². The number of rotatable bonds is 2. The Bertz CT molecular complexity index is 522. The lowest BCUT2D eigenvalue weighted by atomic mass is 10.2. The minimum atomic E-state index is -1.40. The van der Waals surface area contributed by atoms with Gasteiger partial charge in [0.25, 0.3) is 5.97 Å². The summed E-state index contributed by atoms with van der Waals surface area (Å²) in [7, 11) is 0. The fraction of sp³-hybridized carbons (Fsp3) is 0.182. The fourth-order valence-electron chi connectivity index (χ4n) is 1.21. The summed E-state index contributed by atoms with van der Waals surface area (Å²) >= 11 is 5.77. The molecule has 19 heavy (non-hydrogen) atoms. The molecule has 1 unspecified atom stereocenters. The van der Waals surface area contributed by atoms with Crippen LogP contribution in [0.1, 0.15) is 17.3 Å². The molecule has 0 spiro atoms. The molecule has 0 fully saturated rings. The zero-order valence-corrected chi connectivity index (χ0v) is 10.4. The van der Waals surface area contributed by atoms with E-state index in [2.05, 4.69) is 0 Å². The molecule has 102 valence electrons. The molecule has 1 aromatic carbocycles. The molecule has 1 heterocycles. The van der Waals surface area contributed by atoms with Crippen molar-refractivity contribution in [2.45, 2.75) is 13.2 Å². The highest BCUT2D eigenvalue weighted by Crippen LogP contribution is 2.41. The number of carboxylic acid groups (broad SMARTS) is 2. The van der Waals surface area contributed by atoms with Crippen LogP contribution in [0.5, 0.6) is 11.5 Å². The van der Waals surface area contributed by atoms with Gasteiger partial charge in [0.1, 0.15) is 6.29 Å². The maximum atomic E-state index is 10.6. The molecule has 2 N–H and O–H groups in total. The van der Waals surface area contributed by atoms with E-state index >= 15 is 0 Å². The molecule has 0 radical (unpaired) electrons. The summed E-state index contributed by atoms with van der Waals surface area (Å²) in [5.41, 5.74) is 0.299. The van der Waals surface area contributed by atoms with Gasteiger partial charge in [-0.25, -0.2) is 4.79 Å². The van der Waals surface area contributed by atoms with Gasteiger partial charge in [0.2, 0.25) is 0 Å². The van der Waals surface area contributed by atoms with Crippen LogP contribution in [0, 0.1) is 0 Å². The van der Waals surface area contributed by atoms with Gasteiger partial charge < -0.3 is 19.7 Å². The standard InChI is InChI=1S/C9H5ClO5.C2H4O2/c10-5-1-4(3-11)2-6-7(5)15-9(14-6)8(12)13;1-2(3)4/h1-3,9H,(H,12,13);1H3,(H,3,4). The Hall–Kier alpha value is -2.28. The van der Waals surface area contributed by atoms with Crippen molar-refractivity contribution < 1.29 is 34.1 Å². The minimum absolute atomic E-state index is 0.148. The Morgan fingerprint density at radius 2 is 1.89 bits per heavy atom. The Morgan fingerprint density at radius 3 is 2.37 bits per heavy atom. The van der Waals surface area contributed by atoms with E-state index in [0.717, 1.165) is 6.92 Å². The highest BCUT2D eigenvalue weighted by atomic mass is 35.5. The third kappa shape index (κ3) is 3.85. The summed E-state index contributed by atoms with van der Waals surface area (Å²) in [5.74, 6) is -1.78. The lowest BCUT2D eigenvalue weighted by Crippen LogP contribution is -2.28. The summed E-state index contributed by atoms with van der Waals surface area (Å²) in [6.07, 6.45) is -0.816. The Balaban J connectivity index is 0.000000399. The molecule has 2 rings (SSSR count). The molecule has 0 amide bonds. The number of hydrogen-bond donors (Lipinski definition) is 2. The molecular formula is C11H9ClO7. The van der Waals surface area contributed by atoms with E-state index in [1.165, 1.54) is 12.1 Å². The molecule has 0 aliphatic carbocycles. The fourth-order valence-corrected chi connectivity index (χ4v) is 1.47. The predicted octanol–water partition coefficient (Wildman–Crippen LogP) is 1.43. The third-order valence-corrected chi connectivity index (χ3v) is 2.11. The average molecular weight is 289 g/mol. The molecule has 0 saturated carbocycles. The second kappa shape index (κ2) is 6.05. The Labute approximate surface area is 112 Å². The van der Waals surface area contributed by atoms with Crippen LogP contribution in [0.3, 0.4) is 0 Å². The van der Waals surface area contributed by atoms with Crippen LogP contribution in [-0.2, 0) is 9.59 Å². The highest BCUT2D eigenvalue weighted by Gasteiger charge is 2.32. The van der Waals surface area contributed by atoms with E-state index in [9.17, 15) is 9.59 Å². The van der Waals surface area contributed by atoms with Crippen LogP contribution in [-0.4, -0.2) is 34.7 Å². The number of carbonyl (C=O) groups excluding carboxylic acids is 1. The first-order chi connectivity index (χ1) is 8.85. The van der Waals surface area contributed by atoms with Crippen molar-refractivity contribution in [1.82, 2.24) is 0 Å². The summed E-state index contributed by atoms with van der Waals surface area (Å²) in [5, 5.41) is 16.2. The topological polar surface area (TPSA) is 110 Å². The van der Waals surface area contributed by atoms with E-state index < -0.39 is 18.2 Å². The second-order valence-electron chi connectivity index (χ2n) is 3.37. The molecule has 8 heteroatoms. The van der Waals surface area contributed by atoms with Crippen molar-refractivity contribution in [2.24, 2.45) is 0 Å². The largest absolute Gasteiger partial charge is 0.481 e. The summed E-state index contributed by atoms with van der Waals surface area (Å²) < 4.78 is 9.86. The number of hydrogen-bond acceptors (Lipinski definition) is 5. The van der Waals surface area contributed by atoms with E-state index in [-0.39, 0.29) is 16.5 Å². The van der Waals surface area contributed by atoms with Gasteiger partial charge in [0, 0.05) is 12.5 Å².